The predicted molar refractivity (Wildman–Crippen MR) is 77.5 cm³/mol. The highest BCUT2D eigenvalue weighted by Crippen LogP contribution is 2.39. The van der Waals surface area contributed by atoms with Gasteiger partial charge in [0.2, 0.25) is 5.91 Å². The van der Waals surface area contributed by atoms with Crippen LogP contribution in [0, 0.1) is 11.8 Å². The summed E-state index contributed by atoms with van der Waals surface area (Å²) in [5.74, 6) is -3.11. The third kappa shape index (κ3) is 2.42. The molecule has 0 aliphatic carbocycles. The molecule has 2 bridgehead atoms. The molecule has 2 aliphatic rings. The summed E-state index contributed by atoms with van der Waals surface area (Å²) in [4.78, 5) is 34.9. The van der Waals surface area contributed by atoms with Gasteiger partial charge in [0.15, 0.2) is 5.78 Å². The topological polar surface area (TPSA) is 92.7 Å². The Morgan fingerprint density at radius 3 is 2.18 bits per heavy atom. The number of carboxylic acids is 1. The summed E-state index contributed by atoms with van der Waals surface area (Å²) in [6.45, 7) is 1.46. The van der Waals surface area contributed by atoms with Crippen molar-refractivity contribution in [2.45, 2.75) is 19.1 Å². The Labute approximate surface area is 126 Å². The molecule has 1 fully saturated rings. The van der Waals surface area contributed by atoms with E-state index in [1.807, 2.05) is 0 Å². The van der Waals surface area contributed by atoms with Gasteiger partial charge in [0.05, 0.1) is 18.1 Å². The first-order valence-corrected chi connectivity index (χ1v) is 6.96. The van der Waals surface area contributed by atoms with Gasteiger partial charge in [-0.05, 0) is 31.2 Å². The number of carboxylic acid groups (broad SMARTS) is 1. The van der Waals surface area contributed by atoms with Crippen LogP contribution in [0.2, 0.25) is 0 Å². The van der Waals surface area contributed by atoms with Crippen LogP contribution in [0.25, 0.3) is 0 Å². The molecule has 4 atom stereocenters. The van der Waals surface area contributed by atoms with Crippen molar-refractivity contribution in [3.8, 4) is 0 Å². The van der Waals surface area contributed by atoms with E-state index < -0.39 is 30.0 Å². The van der Waals surface area contributed by atoms with Crippen molar-refractivity contribution in [1.82, 2.24) is 0 Å². The summed E-state index contributed by atoms with van der Waals surface area (Å²) < 4.78 is 5.47. The highest BCUT2D eigenvalue weighted by molar-refractivity contribution is 5.98. The molecule has 1 saturated heterocycles. The third-order valence-electron chi connectivity index (χ3n) is 4.05. The first-order chi connectivity index (χ1) is 10.5. The summed E-state index contributed by atoms with van der Waals surface area (Å²) >= 11 is 0. The van der Waals surface area contributed by atoms with Crippen LogP contribution in [0.4, 0.5) is 5.69 Å². The second-order valence-corrected chi connectivity index (χ2v) is 5.46. The molecule has 1 aromatic carbocycles. The molecule has 6 nitrogen and oxygen atoms in total. The number of fused-ring (bicyclic) bond motifs is 2. The van der Waals surface area contributed by atoms with E-state index in [1.165, 1.54) is 6.92 Å². The van der Waals surface area contributed by atoms with Crippen LogP contribution < -0.4 is 5.32 Å². The van der Waals surface area contributed by atoms with Crippen LogP contribution in [0.5, 0.6) is 0 Å². The van der Waals surface area contributed by atoms with Gasteiger partial charge in [-0.2, -0.15) is 0 Å². The largest absolute Gasteiger partial charge is 0.481 e. The molecule has 0 spiro atoms. The quantitative estimate of drug-likeness (QED) is 0.649. The smallest absolute Gasteiger partial charge is 0.310 e. The maximum absolute atomic E-state index is 12.4. The summed E-state index contributed by atoms with van der Waals surface area (Å²) in [6.07, 6.45) is 2.38. The molecular weight excluding hydrogens is 286 g/mol. The monoisotopic (exact) mass is 301 g/mol. The number of rotatable bonds is 4. The van der Waals surface area contributed by atoms with E-state index in [0.717, 1.165) is 0 Å². The molecule has 0 saturated carbocycles. The molecule has 0 unspecified atom stereocenters. The number of nitrogens with one attached hydrogen (secondary N) is 1. The molecule has 2 heterocycles. The van der Waals surface area contributed by atoms with Crippen molar-refractivity contribution in [3.63, 3.8) is 0 Å². The number of carbonyl (C=O) groups is 3. The zero-order valence-corrected chi connectivity index (χ0v) is 11.9. The van der Waals surface area contributed by atoms with Gasteiger partial charge in [0.25, 0.3) is 0 Å². The van der Waals surface area contributed by atoms with E-state index in [0.29, 0.717) is 11.3 Å². The molecule has 1 amide bonds. The van der Waals surface area contributed by atoms with E-state index in [1.54, 1.807) is 36.4 Å². The van der Waals surface area contributed by atoms with E-state index in [4.69, 9.17) is 4.74 Å². The minimum atomic E-state index is -1.04. The maximum atomic E-state index is 12.4. The number of ether oxygens (including phenoxy) is 1. The minimum Gasteiger partial charge on any atom is -0.481 e. The van der Waals surface area contributed by atoms with E-state index in [9.17, 15) is 19.5 Å². The van der Waals surface area contributed by atoms with E-state index in [-0.39, 0.29) is 11.7 Å². The van der Waals surface area contributed by atoms with E-state index >= 15 is 0 Å². The number of Topliss-reactive ketones (excluding diaryl/α,β-unsaturated/α-hetero) is 1. The van der Waals surface area contributed by atoms with Crippen molar-refractivity contribution in [2.24, 2.45) is 11.8 Å². The molecule has 3 rings (SSSR count). The summed E-state index contributed by atoms with van der Waals surface area (Å²) in [5.41, 5.74) is 1.07. The van der Waals surface area contributed by atoms with Gasteiger partial charge in [-0.3, -0.25) is 14.4 Å². The number of hydrogen-bond donors (Lipinski definition) is 2. The maximum Gasteiger partial charge on any atom is 0.310 e. The van der Waals surface area contributed by atoms with E-state index in [2.05, 4.69) is 5.32 Å². The van der Waals surface area contributed by atoms with Gasteiger partial charge >= 0.3 is 5.97 Å². The van der Waals surface area contributed by atoms with Crippen LogP contribution in [0.3, 0.4) is 0 Å². The zero-order valence-electron chi connectivity index (χ0n) is 11.9. The molecule has 2 N–H and O–H groups in total. The van der Waals surface area contributed by atoms with Crippen LogP contribution in [0.1, 0.15) is 17.3 Å². The summed E-state index contributed by atoms with van der Waals surface area (Å²) in [7, 11) is 0. The highest BCUT2D eigenvalue weighted by Gasteiger charge is 2.53. The lowest BCUT2D eigenvalue weighted by atomic mass is 9.82. The average molecular weight is 301 g/mol. The van der Waals surface area contributed by atoms with Crippen LogP contribution >= 0.6 is 0 Å². The summed E-state index contributed by atoms with van der Waals surface area (Å²) in [5, 5.41) is 12.0. The lowest BCUT2D eigenvalue weighted by Gasteiger charge is -2.21. The Balaban J connectivity index is 1.75. The molecular formula is C16H15NO5. The molecule has 6 heteroatoms. The second-order valence-electron chi connectivity index (χ2n) is 5.46. The van der Waals surface area contributed by atoms with Crippen molar-refractivity contribution < 1.29 is 24.2 Å². The number of anilines is 1. The number of amides is 1. The van der Waals surface area contributed by atoms with Crippen LogP contribution in [-0.2, 0) is 14.3 Å². The first-order valence-electron chi connectivity index (χ1n) is 6.96. The molecule has 0 aromatic heterocycles. The van der Waals surface area contributed by atoms with Crippen molar-refractivity contribution in [2.75, 3.05) is 5.32 Å². The van der Waals surface area contributed by atoms with Gasteiger partial charge in [-0.15, -0.1) is 0 Å². The van der Waals surface area contributed by atoms with Gasteiger partial charge in [0.1, 0.15) is 5.92 Å². The van der Waals surface area contributed by atoms with Gasteiger partial charge in [0, 0.05) is 11.3 Å². The zero-order chi connectivity index (χ0) is 15.9. The van der Waals surface area contributed by atoms with Crippen molar-refractivity contribution in [1.29, 1.82) is 0 Å². The number of hydrogen-bond acceptors (Lipinski definition) is 4. The van der Waals surface area contributed by atoms with Crippen LogP contribution in [0.15, 0.2) is 36.4 Å². The SMILES string of the molecule is CC(=O)c1ccc(NC(=O)[C@@H]2[C@@H](C(=O)O)[C@H]3C=C[C@@H]2O3)cc1. The molecule has 114 valence electrons. The highest BCUT2D eigenvalue weighted by atomic mass is 16.5. The lowest BCUT2D eigenvalue weighted by Crippen LogP contribution is -2.39. The number of carbonyl (C=O) groups excluding carboxylic acids is 2. The Morgan fingerprint density at radius 1 is 1.05 bits per heavy atom. The number of ketones is 1. The van der Waals surface area contributed by atoms with Crippen molar-refractivity contribution >= 4 is 23.3 Å². The molecule has 2 aliphatic heterocycles. The van der Waals surface area contributed by atoms with Gasteiger partial charge in [-0.1, -0.05) is 12.2 Å². The fraction of sp³-hybridized carbons (Fsp3) is 0.312. The van der Waals surface area contributed by atoms with Gasteiger partial charge in [-0.25, -0.2) is 0 Å². The fourth-order valence-electron chi connectivity index (χ4n) is 2.93. The average Bonchev–Trinajstić information content (AvgIpc) is 3.08. The normalized spacial score (nSPS) is 28.6. The number of benzene rings is 1. The number of aliphatic carboxylic acids is 1. The summed E-state index contributed by atoms with van der Waals surface area (Å²) in [6, 6.07) is 6.47. The fourth-order valence-corrected chi connectivity index (χ4v) is 2.93. The second kappa shape index (κ2) is 5.38. The molecule has 22 heavy (non-hydrogen) atoms. The predicted octanol–water partition coefficient (Wildman–Crippen LogP) is 1.48. The van der Waals surface area contributed by atoms with Crippen LogP contribution in [-0.4, -0.2) is 35.0 Å². The minimum absolute atomic E-state index is 0.0598. The molecule has 1 aromatic rings. The Kier molecular flexibility index (Phi) is 3.54. The first kappa shape index (κ1) is 14.5. The lowest BCUT2D eigenvalue weighted by molar-refractivity contribution is -0.145. The Morgan fingerprint density at radius 2 is 1.64 bits per heavy atom. The molecule has 0 radical (unpaired) electrons. The van der Waals surface area contributed by atoms with Crippen molar-refractivity contribution in [3.05, 3.63) is 42.0 Å². The third-order valence-corrected chi connectivity index (χ3v) is 4.05. The van der Waals surface area contributed by atoms with Gasteiger partial charge < -0.3 is 15.2 Å². The standard InChI is InChI=1S/C16H15NO5/c1-8(18)9-2-4-10(5-3-9)17-15(19)13-11-6-7-12(22-11)14(13)16(20)21/h2-7,11-14H,1H3,(H,17,19)(H,20,21)/t11-,12+,13-,14-/m0/s1. The Bertz CT molecular complexity index is 664. The Hall–Kier alpha value is -2.47.